The highest BCUT2D eigenvalue weighted by atomic mass is 35.5. The molecule has 0 saturated carbocycles. The van der Waals surface area contributed by atoms with E-state index >= 15 is 0 Å². The van der Waals surface area contributed by atoms with Crippen molar-refractivity contribution in [1.29, 1.82) is 0 Å². The summed E-state index contributed by atoms with van der Waals surface area (Å²) in [6, 6.07) is 3.81. The van der Waals surface area contributed by atoms with Gasteiger partial charge in [0.1, 0.15) is 10.7 Å². The van der Waals surface area contributed by atoms with Crippen molar-refractivity contribution in [3.05, 3.63) is 29.6 Å². The van der Waals surface area contributed by atoms with Crippen LogP contribution in [0.5, 0.6) is 0 Å². The van der Waals surface area contributed by atoms with Crippen molar-refractivity contribution in [3.63, 3.8) is 0 Å². The summed E-state index contributed by atoms with van der Waals surface area (Å²) in [5.41, 5.74) is 0.568. The number of benzene rings is 1. The Labute approximate surface area is 93.5 Å². The molecule has 0 atom stereocenters. The fourth-order valence-corrected chi connectivity index (χ4v) is 2.20. The lowest BCUT2D eigenvalue weighted by molar-refractivity contribution is 0.507. The Morgan fingerprint density at radius 3 is 2.47 bits per heavy atom. The second-order valence-corrected chi connectivity index (χ2v) is 5.57. The Bertz CT molecular complexity index is 459. The summed E-state index contributed by atoms with van der Waals surface area (Å²) in [6.07, 6.45) is 0. The van der Waals surface area contributed by atoms with Gasteiger partial charge in [-0.05, 0) is 17.7 Å². The molecular formula is C9H11ClFNO2S. The van der Waals surface area contributed by atoms with Gasteiger partial charge in [0.15, 0.2) is 0 Å². The second kappa shape index (κ2) is 4.47. The monoisotopic (exact) mass is 251 g/mol. The second-order valence-electron chi connectivity index (χ2n) is 3.19. The quantitative estimate of drug-likeness (QED) is 0.769. The van der Waals surface area contributed by atoms with Gasteiger partial charge in [-0.3, -0.25) is 0 Å². The van der Waals surface area contributed by atoms with Crippen LogP contribution in [0.25, 0.3) is 0 Å². The normalized spacial score (nSPS) is 12.1. The van der Waals surface area contributed by atoms with Crippen molar-refractivity contribution in [1.82, 2.24) is 4.31 Å². The summed E-state index contributed by atoms with van der Waals surface area (Å²) in [4.78, 5) is -0.342. The highest BCUT2D eigenvalue weighted by Crippen LogP contribution is 2.19. The number of sulfonamides is 1. The van der Waals surface area contributed by atoms with Crippen LogP contribution in [0.1, 0.15) is 5.56 Å². The lowest BCUT2D eigenvalue weighted by atomic mass is 10.2. The Morgan fingerprint density at radius 2 is 2.00 bits per heavy atom. The molecule has 6 heteroatoms. The molecule has 0 N–H and O–H groups in total. The third-order valence-corrected chi connectivity index (χ3v) is 4.05. The molecule has 0 spiro atoms. The molecule has 0 aliphatic carbocycles. The van der Waals surface area contributed by atoms with Gasteiger partial charge >= 0.3 is 0 Å². The minimum absolute atomic E-state index is 0.149. The van der Waals surface area contributed by atoms with Crippen molar-refractivity contribution >= 4 is 21.6 Å². The molecule has 1 aromatic carbocycles. The third-order valence-electron chi connectivity index (χ3n) is 1.91. The standard InChI is InChI=1S/C9H11ClFNO2S/c1-12(2)15(13,14)9-5-7(6-10)3-4-8(9)11/h3-5H,6H2,1-2H3. The van der Waals surface area contributed by atoms with E-state index in [9.17, 15) is 12.8 Å². The molecule has 84 valence electrons. The Kier molecular flexibility index (Phi) is 3.70. The molecule has 15 heavy (non-hydrogen) atoms. The molecule has 0 heterocycles. The molecule has 0 aliphatic heterocycles. The summed E-state index contributed by atoms with van der Waals surface area (Å²) >= 11 is 5.55. The van der Waals surface area contributed by atoms with E-state index in [-0.39, 0.29) is 10.8 Å². The number of rotatable bonds is 3. The number of nitrogens with zero attached hydrogens (tertiary/aromatic N) is 1. The van der Waals surface area contributed by atoms with Gasteiger partial charge in [0.2, 0.25) is 10.0 Å². The van der Waals surface area contributed by atoms with Crippen molar-refractivity contribution < 1.29 is 12.8 Å². The first-order chi connectivity index (χ1) is 6.89. The van der Waals surface area contributed by atoms with Crippen LogP contribution in [-0.4, -0.2) is 26.8 Å². The average molecular weight is 252 g/mol. The fourth-order valence-electron chi connectivity index (χ4n) is 1.03. The summed E-state index contributed by atoms with van der Waals surface area (Å²) in [6.45, 7) is 0. The maximum atomic E-state index is 13.3. The SMILES string of the molecule is CN(C)S(=O)(=O)c1cc(CCl)ccc1F. The fraction of sp³-hybridized carbons (Fsp3) is 0.333. The van der Waals surface area contributed by atoms with E-state index in [2.05, 4.69) is 0 Å². The first-order valence-electron chi connectivity index (χ1n) is 4.16. The van der Waals surface area contributed by atoms with Gasteiger partial charge in [0.25, 0.3) is 0 Å². The van der Waals surface area contributed by atoms with Gasteiger partial charge in [-0.15, -0.1) is 11.6 Å². The Hall–Kier alpha value is -0.650. The molecule has 0 aliphatic rings. The zero-order chi connectivity index (χ0) is 11.6. The largest absolute Gasteiger partial charge is 0.245 e. The van der Waals surface area contributed by atoms with Crippen LogP contribution in [0.15, 0.2) is 23.1 Å². The summed E-state index contributed by atoms with van der Waals surface area (Å²) < 4.78 is 37.6. The Morgan fingerprint density at radius 1 is 1.40 bits per heavy atom. The van der Waals surface area contributed by atoms with Crippen LogP contribution in [0.3, 0.4) is 0 Å². The topological polar surface area (TPSA) is 37.4 Å². The maximum Gasteiger partial charge on any atom is 0.245 e. The first kappa shape index (κ1) is 12.4. The van der Waals surface area contributed by atoms with E-state index < -0.39 is 15.8 Å². The Balaban J connectivity index is 3.37. The summed E-state index contributed by atoms with van der Waals surface area (Å²) in [5, 5.41) is 0. The molecule has 1 rings (SSSR count). The van der Waals surface area contributed by atoms with E-state index in [1.165, 1.54) is 26.2 Å². The van der Waals surface area contributed by atoms with Gasteiger partial charge < -0.3 is 0 Å². The van der Waals surface area contributed by atoms with Crippen molar-refractivity contribution in [2.45, 2.75) is 10.8 Å². The molecule has 0 bridgehead atoms. The predicted octanol–water partition coefficient (Wildman–Crippen LogP) is 1.81. The van der Waals surface area contributed by atoms with E-state index in [4.69, 9.17) is 11.6 Å². The van der Waals surface area contributed by atoms with Gasteiger partial charge in [0, 0.05) is 20.0 Å². The van der Waals surface area contributed by atoms with Crippen LogP contribution in [0, 0.1) is 5.82 Å². The molecular weight excluding hydrogens is 241 g/mol. The van der Waals surface area contributed by atoms with Crippen LogP contribution < -0.4 is 0 Å². The number of hydrogen-bond donors (Lipinski definition) is 0. The smallest absolute Gasteiger partial charge is 0.207 e. The van der Waals surface area contributed by atoms with E-state index in [1.54, 1.807) is 0 Å². The zero-order valence-corrected chi connectivity index (χ0v) is 9.94. The van der Waals surface area contributed by atoms with E-state index in [0.717, 1.165) is 10.4 Å². The maximum absolute atomic E-state index is 13.3. The van der Waals surface area contributed by atoms with E-state index in [0.29, 0.717) is 5.56 Å². The lowest BCUT2D eigenvalue weighted by Gasteiger charge is -2.12. The van der Waals surface area contributed by atoms with Gasteiger partial charge in [-0.25, -0.2) is 17.1 Å². The highest BCUT2D eigenvalue weighted by Gasteiger charge is 2.21. The molecule has 0 unspecified atom stereocenters. The lowest BCUT2D eigenvalue weighted by Crippen LogP contribution is -2.23. The minimum Gasteiger partial charge on any atom is -0.207 e. The van der Waals surface area contributed by atoms with Crippen molar-refractivity contribution in [2.75, 3.05) is 14.1 Å². The number of hydrogen-bond acceptors (Lipinski definition) is 2. The van der Waals surface area contributed by atoms with Crippen LogP contribution >= 0.6 is 11.6 Å². The van der Waals surface area contributed by atoms with Crippen LogP contribution in [0.4, 0.5) is 4.39 Å². The summed E-state index contributed by atoms with van der Waals surface area (Å²) in [7, 11) is -1.04. The van der Waals surface area contributed by atoms with Crippen LogP contribution in [-0.2, 0) is 15.9 Å². The molecule has 0 saturated heterocycles. The van der Waals surface area contributed by atoms with Gasteiger partial charge in [0.05, 0.1) is 0 Å². The van der Waals surface area contributed by atoms with Crippen molar-refractivity contribution in [3.8, 4) is 0 Å². The zero-order valence-electron chi connectivity index (χ0n) is 8.37. The molecule has 1 aromatic rings. The summed E-state index contributed by atoms with van der Waals surface area (Å²) in [5.74, 6) is -0.617. The van der Waals surface area contributed by atoms with Crippen molar-refractivity contribution in [2.24, 2.45) is 0 Å². The van der Waals surface area contributed by atoms with Crippen LogP contribution in [0.2, 0.25) is 0 Å². The average Bonchev–Trinajstić information content (AvgIpc) is 2.18. The molecule has 0 fully saturated rings. The van der Waals surface area contributed by atoms with E-state index in [1.807, 2.05) is 0 Å². The predicted molar refractivity (Wildman–Crippen MR) is 56.8 cm³/mol. The molecule has 0 aromatic heterocycles. The first-order valence-corrected chi connectivity index (χ1v) is 6.14. The third kappa shape index (κ3) is 2.48. The number of alkyl halides is 1. The highest BCUT2D eigenvalue weighted by molar-refractivity contribution is 7.89. The molecule has 3 nitrogen and oxygen atoms in total. The number of halogens is 2. The van der Waals surface area contributed by atoms with Gasteiger partial charge in [-0.1, -0.05) is 6.07 Å². The molecule has 0 radical (unpaired) electrons. The van der Waals surface area contributed by atoms with Gasteiger partial charge in [-0.2, -0.15) is 0 Å². The molecule has 0 amide bonds. The minimum atomic E-state index is -3.74.